The van der Waals surface area contributed by atoms with Crippen LogP contribution in [0.15, 0.2) is 46.5 Å². The fourth-order valence-electron chi connectivity index (χ4n) is 3.47. The average molecular weight is 452 g/mol. The number of benzene rings is 1. The molecular formula is C22H21N5O4S. The van der Waals surface area contributed by atoms with E-state index < -0.39 is 5.97 Å². The molecule has 0 bridgehead atoms. The van der Waals surface area contributed by atoms with Crippen molar-refractivity contribution < 1.29 is 14.3 Å². The summed E-state index contributed by atoms with van der Waals surface area (Å²) in [6.07, 6.45) is 1.47. The standard InChI is InChI=1S/C22H21N5O4S/c1-4-31-21(30)17-12(2)18(24-13(17)3)16(28)11-32-22-25-19-15(20(29)26-22)10-23-27(19)14-8-6-5-7-9-14/h5-10,24H,4,11H2,1-3H3,(H,25,26,29). The van der Waals surface area contributed by atoms with Crippen LogP contribution in [0.3, 0.4) is 0 Å². The SMILES string of the molecule is CCOC(=O)c1c(C)[nH]c(C(=O)CSc2nc3c(cnn3-c3ccccc3)c(=O)[nH]2)c1C. The van der Waals surface area contributed by atoms with Gasteiger partial charge in [0.2, 0.25) is 0 Å². The van der Waals surface area contributed by atoms with Crippen molar-refractivity contribution in [2.45, 2.75) is 25.9 Å². The van der Waals surface area contributed by atoms with Gasteiger partial charge in [-0.3, -0.25) is 9.59 Å². The van der Waals surface area contributed by atoms with Crippen molar-refractivity contribution in [3.8, 4) is 5.69 Å². The van der Waals surface area contributed by atoms with Crippen LogP contribution in [0.2, 0.25) is 0 Å². The van der Waals surface area contributed by atoms with Crippen LogP contribution in [0, 0.1) is 13.8 Å². The van der Waals surface area contributed by atoms with E-state index in [0.717, 1.165) is 17.4 Å². The monoisotopic (exact) mass is 451 g/mol. The molecule has 9 nitrogen and oxygen atoms in total. The van der Waals surface area contributed by atoms with Crippen LogP contribution in [-0.2, 0) is 4.74 Å². The van der Waals surface area contributed by atoms with Crippen molar-refractivity contribution in [1.82, 2.24) is 24.7 Å². The lowest BCUT2D eigenvalue weighted by Crippen LogP contribution is -2.12. The maximum Gasteiger partial charge on any atom is 0.340 e. The lowest BCUT2D eigenvalue weighted by Gasteiger charge is -2.05. The molecule has 0 radical (unpaired) electrons. The second kappa shape index (κ2) is 8.83. The minimum Gasteiger partial charge on any atom is -0.462 e. The molecule has 3 aromatic heterocycles. The average Bonchev–Trinajstić information content (AvgIpc) is 3.33. The summed E-state index contributed by atoms with van der Waals surface area (Å²) in [7, 11) is 0. The van der Waals surface area contributed by atoms with Gasteiger partial charge in [0.05, 0.1) is 35.5 Å². The van der Waals surface area contributed by atoms with E-state index in [1.807, 2.05) is 30.3 Å². The first-order valence-corrected chi connectivity index (χ1v) is 10.9. The zero-order valence-electron chi connectivity index (χ0n) is 17.8. The van der Waals surface area contributed by atoms with Gasteiger partial charge < -0.3 is 14.7 Å². The van der Waals surface area contributed by atoms with E-state index in [0.29, 0.717) is 38.7 Å². The molecule has 0 spiro atoms. The summed E-state index contributed by atoms with van der Waals surface area (Å²) in [5.74, 6) is -0.654. The molecule has 0 aliphatic heterocycles. The molecule has 32 heavy (non-hydrogen) atoms. The summed E-state index contributed by atoms with van der Waals surface area (Å²) in [5, 5.41) is 4.94. The first-order valence-electron chi connectivity index (χ1n) is 9.96. The lowest BCUT2D eigenvalue weighted by atomic mass is 10.1. The van der Waals surface area contributed by atoms with Gasteiger partial charge in [-0.1, -0.05) is 30.0 Å². The number of rotatable bonds is 7. The number of carbonyl (C=O) groups is 2. The number of thioether (sulfide) groups is 1. The molecule has 0 saturated heterocycles. The molecule has 0 atom stereocenters. The molecule has 1 aromatic carbocycles. The number of carbonyl (C=O) groups excluding carboxylic acids is 2. The summed E-state index contributed by atoms with van der Waals surface area (Å²) in [4.78, 5) is 47.7. The van der Waals surface area contributed by atoms with E-state index in [4.69, 9.17) is 4.74 Å². The van der Waals surface area contributed by atoms with Gasteiger partial charge in [-0.15, -0.1) is 0 Å². The highest BCUT2D eigenvalue weighted by Crippen LogP contribution is 2.23. The summed E-state index contributed by atoms with van der Waals surface area (Å²) >= 11 is 1.11. The number of ether oxygens (including phenoxy) is 1. The molecule has 0 aliphatic carbocycles. The molecular weight excluding hydrogens is 430 g/mol. The van der Waals surface area contributed by atoms with E-state index in [2.05, 4.69) is 20.1 Å². The molecule has 3 heterocycles. The van der Waals surface area contributed by atoms with E-state index in [9.17, 15) is 14.4 Å². The largest absolute Gasteiger partial charge is 0.462 e. The van der Waals surface area contributed by atoms with Crippen LogP contribution < -0.4 is 5.56 Å². The van der Waals surface area contributed by atoms with Gasteiger partial charge in [-0.25, -0.2) is 14.5 Å². The number of nitrogens with zero attached hydrogens (tertiary/aromatic N) is 3. The normalized spacial score (nSPS) is 11.1. The second-order valence-electron chi connectivity index (χ2n) is 7.06. The predicted molar refractivity (Wildman–Crippen MR) is 121 cm³/mol. The number of aromatic amines is 2. The number of aryl methyl sites for hydroxylation is 1. The third kappa shape index (κ3) is 3.96. The summed E-state index contributed by atoms with van der Waals surface area (Å²) in [6.45, 7) is 5.41. The zero-order chi connectivity index (χ0) is 22.8. The Morgan fingerprint density at radius 2 is 1.91 bits per heavy atom. The first-order chi connectivity index (χ1) is 15.4. The van der Waals surface area contributed by atoms with Crippen LogP contribution in [0.1, 0.15) is 39.0 Å². The van der Waals surface area contributed by atoms with Crippen LogP contribution in [-0.4, -0.2) is 48.8 Å². The Bertz CT molecular complexity index is 1370. The van der Waals surface area contributed by atoms with Gasteiger partial charge in [0.15, 0.2) is 16.6 Å². The summed E-state index contributed by atoms with van der Waals surface area (Å²) in [5.41, 5.74) is 2.70. The van der Waals surface area contributed by atoms with Crippen LogP contribution in [0.5, 0.6) is 0 Å². The van der Waals surface area contributed by atoms with E-state index in [1.165, 1.54) is 6.20 Å². The number of ketones is 1. The molecule has 0 amide bonds. The Morgan fingerprint density at radius 1 is 1.16 bits per heavy atom. The Kier molecular flexibility index (Phi) is 5.95. The Hall–Kier alpha value is -3.66. The first kappa shape index (κ1) is 21.6. The number of esters is 1. The maximum atomic E-state index is 12.8. The van der Waals surface area contributed by atoms with Crippen molar-refractivity contribution in [2.75, 3.05) is 12.4 Å². The van der Waals surface area contributed by atoms with Crippen molar-refractivity contribution in [3.05, 3.63) is 69.4 Å². The van der Waals surface area contributed by atoms with Gasteiger partial charge in [-0.05, 0) is 38.5 Å². The fourth-order valence-corrected chi connectivity index (χ4v) is 4.20. The summed E-state index contributed by atoms with van der Waals surface area (Å²) < 4.78 is 6.66. The highest BCUT2D eigenvalue weighted by Gasteiger charge is 2.23. The van der Waals surface area contributed by atoms with Gasteiger partial charge in [0.25, 0.3) is 5.56 Å². The maximum absolute atomic E-state index is 12.8. The number of hydrogen-bond donors (Lipinski definition) is 2. The molecule has 4 aromatic rings. The van der Waals surface area contributed by atoms with Gasteiger partial charge in [0.1, 0.15) is 5.39 Å². The predicted octanol–water partition coefficient (Wildman–Crippen LogP) is 3.21. The van der Waals surface area contributed by atoms with Gasteiger partial charge in [0, 0.05) is 5.69 Å². The van der Waals surface area contributed by atoms with Gasteiger partial charge in [-0.2, -0.15) is 5.10 Å². The zero-order valence-corrected chi connectivity index (χ0v) is 18.6. The van der Waals surface area contributed by atoms with Crippen molar-refractivity contribution in [3.63, 3.8) is 0 Å². The molecule has 0 saturated carbocycles. The lowest BCUT2D eigenvalue weighted by molar-refractivity contribution is 0.0525. The Morgan fingerprint density at radius 3 is 2.62 bits per heavy atom. The highest BCUT2D eigenvalue weighted by molar-refractivity contribution is 7.99. The molecule has 2 N–H and O–H groups in total. The molecule has 0 fully saturated rings. The quantitative estimate of drug-likeness (QED) is 0.191. The van der Waals surface area contributed by atoms with Crippen LogP contribution in [0.25, 0.3) is 16.7 Å². The number of aromatic nitrogens is 5. The minimum atomic E-state index is -0.462. The van der Waals surface area contributed by atoms with Crippen molar-refractivity contribution in [1.29, 1.82) is 0 Å². The van der Waals surface area contributed by atoms with E-state index >= 15 is 0 Å². The number of Topliss-reactive ketones (excluding diaryl/α,β-unsaturated/α-hetero) is 1. The fraction of sp³-hybridized carbons (Fsp3) is 0.227. The highest BCUT2D eigenvalue weighted by atomic mass is 32.2. The number of nitrogens with one attached hydrogen (secondary N) is 2. The molecule has 164 valence electrons. The second-order valence-corrected chi connectivity index (χ2v) is 8.02. The third-order valence-corrected chi connectivity index (χ3v) is 5.83. The molecule has 0 aliphatic rings. The Balaban J connectivity index is 1.59. The smallest absolute Gasteiger partial charge is 0.340 e. The Labute approximate surface area is 187 Å². The molecule has 4 rings (SSSR count). The third-order valence-electron chi connectivity index (χ3n) is 4.95. The van der Waals surface area contributed by atoms with E-state index in [-0.39, 0.29) is 23.7 Å². The molecule has 10 heteroatoms. The number of fused-ring (bicyclic) bond motifs is 1. The van der Waals surface area contributed by atoms with E-state index in [1.54, 1.807) is 25.5 Å². The number of H-pyrrole nitrogens is 2. The van der Waals surface area contributed by atoms with Crippen LogP contribution in [0.4, 0.5) is 0 Å². The van der Waals surface area contributed by atoms with Crippen LogP contribution >= 0.6 is 11.8 Å². The molecule has 0 unspecified atom stereocenters. The number of hydrogen-bond acceptors (Lipinski definition) is 7. The minimum absolute atomic E-state index is 0.0248. The summed E-state index contributed by atoms with van der Waals surface area (Å²) in [6, 6.07) is 9.36. The number of para-hydroxylation sites is 1. The van der Waals surface area contributed by atoms with Crippen molar-refractivity contribution >= 4 is 34.5 Å². The topological polar surface area (TPSA) is 123 Å². The van der Waals surface area contributed by atoms with Crippen molar-refractivity contribution in [2.24, 2.45) is 0 Å². The van der Waals surface area contributed by atoms with Gasteiger partial charge >= 0.3 is 5.97 Å².